The Bertz CT molecular complexity index is 1110. The van der Waals surface area contributed by atoms with Crippen LogP contribution in [0.2, 0.25) is 0 Å². The molecule has 1 aliphatic rings. The van der Waals surface area contributed by atoms with Crippen molar-refractivity contribution in [1.29, 1.82) is 0 Å². The van der Waals surface area contributed by atoms with Gasteiger partial charge in [0.2, 0.25) is 0 Å². The normalized spacial score (nSPS) is 22.9. The van der Waals surface area contributed by atoms with Gasteiger partial charge in [-0.1, -0.05) is 68.4 Å². The third-order valence-electron chi connectivity index (χ3n) is 6.19. The van der Waals surface area contributed by atoms with Crippen LogP contribution in [0.5, 0.6) is 0 Å². The minimum Gasteiger partial charge on any atom is -0.460 e. The van der Waals surface area contributed by atoms with E-state index in [9.17, 15) is 14.7 Å². The third kappa shape index (κ3) is 4.08. The number of benzene rings is 2. The highest BCUT2D eigenvalue weighted by molar-refractivity contribution is 5.77. The first-order chi connectivity index (χ1) is 14.8. The second kappa shape index (κ2) is 8.19. The average molecular weight is 421 g/mol. The first-order valence-electron chi connectivity index (χ1n) is 10.6. The van der Waals surface area contributed by atoms with Gasteiger partial charge in [0, 0.05) is 23.6 Å². The maximum atomic E-state index is 13.3. The number of rotatable bonds is 5. The van der Waals surface area contributed by atoms with Gasteiger partial charge in [-0.15, -0.1) is 0 Å². The van der Waals surface area contributed by atoms with Crippen LogP contribution in [-0.2, 0) is 22.6 Å². The fourth-order valence-electron chi connectivity index (χ4n) is 4.52. The second-order valence-corrected chi connectivity index (χ2v) is 8.88. The van der Waals surface area contributed by atoms with Crippen molar-refractivity contribution in [1.82, 2.24) is 10.2 Å². The third-order valence-corrected chi connectivity index (χ3v) is 6.19. The lowest BCUT2D eigenvalue weighted by atomic mass is 9.66. The molecule has 0 fully saturated rings. The Morgan fingerprint density at radius 2 is 1.81 bits per heavy atom. The molecule has 31 heavy (non-hydrogen) atoms. The van der Waals surface area contributed by atoms with Crippen molar-refractivity contribution in [2.24, 2.45) is 5.92 Å². The van der Waals surface area contributed by atoms with E-state index in [-0.39, 0.29) is 18.6 Å². The molecule has 0 spiro atoms. The van der Waals surface area contributed by atoms with Crippen molar-refractivity contribution >= 4 is 5.97 Å². The van der Waals surface area contributed by atoms with Gasteiger partial charge in [0.25, 0.3) is 5.56 Å². The van der Waals surface area contributed by atoms with Crippen LogP contribution in [0.25, 0.3) is 0 Å². The number of esters is 1. The maximum absolute atomic E-state index is 13.3. The molecular formula is C25H28N2O4. The van der Waals surface area contributed by atoms with Gasteiger partial charge >= 0.3 is 5.97 Å². The molecule has 162 valence electrons. The van der Waals surface area contributed by atoms with Crippen molar-refractivity contribution in [3.05, 3.63) is 92.9 Å². The molecule has 3 N–H and O–H groups in total. The van der Waals surface area contributed by atoms with Gasteiger partial charge in [-0.2, -0.15) is 0 Å². The summed E-state index contributed by atoms with van der Waals surface area (Å²) in [6, 6.07) is 17.3. The Kier molecular flexibility index (Phi) is 5.58. The smallest absolute Gasteiger partial charge is 0.313 e. The SMILES string of the molecule is CC(C)c1ccc(C2c3c([nH][nH]c3=O)CC(C)(O)C2C(=O)OCc2ccccc2)cc1. The van der Waals surface area contributed by atoms with Gasteiger partial charge in [0.1, 0.15) is 6.61 Å². The van der Waals surface area contributed by atoms with Crippen molar-refractivity contribution in [2.45, 2.75) is 51.2 Å². The molecule has 4 rings (SSSR count). The monoisotopic (exact) mass is 420 g/mol. The van der Waals surface area contributed by atoms with Crippen LogP contribution in [0.15, 0.2) is 59.4 Å². The second-order valence-electron chi connectivity index (χ2n) is 8.88. The van der Waals surface area contributed by atoms with Crippen molar-refractivity contribution in [2.75, 3.05) is 0 Å². The van der Waals surface area contributed by atoms with E-state index in [1.54, 1.807) is 6.92 Å². The summed E-state index contributed by atoms with van der Waals surface area (Å²) in [6.07, 6.45) is 0.159. The van der Waals surface area contributed by atoms with E-state index in [0.717, 1.165) is 16.7 Å². The summed E-state index contributed by atoms with van der Waals surface area (Å²) in [4.78, 5) is 25.9. The van der Waals surface area contributed by atoms with Crippen LogP contribution in [0.3, 0.4) is 0 Å². The molecule has 0 saturated carbocycles. The molecule has 1 aliphatic carbocycles. The molecule has 3 atom stereocenters. The number of hydrogen-bond acceptors (Lipinski definition) is 4. The average Bonchev–Trinajstić information content (AvgIpc) is 3.10. The quantitative estimate of drug-likeness (QED) is 0.550. The van der Waals surface area contributed by atoms with E-state index in [2.05, 4.69) is 24.0 Å². The molecule has 2 aromatic carbocycles. The number of ether oxygens (including phenoxy) is 1. The molecule has 6 heteroatoms. The number of aromatic amines is 2. The van der Waals surface area contributed by atoms with Gasteiger partial charge in [-0.25, -0.2) is 0 Å². The van der Waals surface area contributed by atoms with Crippen molar-refractivity contribution in [3.63, 3.8) is 0 Å². The van der Waals surface area contributed by atoms with Gasteiger partial charge in [-0.05, 0) is 29.5 Å². The zero-order chi connectivity index (χ0) is 22.2. The zero-order valence-electron chi connectivity index (χ0n) is 18.0. The molecule has 0 bridgehead atoms. The molecule has 1 aromatic heterocycles. The molecule has 1 heterocycles. The lowest BCUT2D eigenvalue weighted by molar-refractivity contribution is -0.161. The van der Waals surface area contributed by atoms with Crippen LogP contribution < -0.4 is 5.56 Å². The summed E-state index contributed by atoms with van der Waals surface area (Å²) in [7, 11) is 0. The topological polar surface area (TPSA) is 95.2 Å². The van der Waals surface area contributed by atoms with Crippen LogP contribution >= 0.6 is 0 Å². The number of carbonyl (C=O) groups excluding carboxylic acids is 1. The minimum absolute atomic E-state index is 0.113. The molecule has 3 aromatic rings. The Morgan fingerprint density at radius 3 is 2.45 bits per heavy atom. The molecule has 0 radical (unpaired) electrons. The number of H-pyrrole nitrogens is 2. The Hall–Kier alpha value is -3.12. The summed E-state index contributed by atoms with van der Waals surface area (Å²) < 4.78 is 5.63. The first-order valence-corrected chi connectivity index (χ1v) is 10.6. The highest BCUT2D eigenvalue weighted by Crippen LogP contribution is 2.44. The van der Waals surface area contributed by atoms with Gasteiger partial charge in [-0.3, -0.25) is 14.7 Å². The number of aromatic nitrogens is 2. The van der Waals surface area contributed by atoms with E-state index in [4.69, 9.17) is 4.74 Å². The Balaban J connectivity index is 1.73. The summed E-state index contributed by atoms with van der Waals surface area (Å²) >= 11 is 0. The largest absolute Gasteiger partial charge is 0.460 e. The Labute approximate surface area is 181 Å². The van der Waals surface area contributed by atoms with Gasteiger partial charge < -0.3 is 14.9 Å². The predicted molar refractivity (Wildman–Crippen MR) is 118 cm³/mol. The minimum atomic E-state index is -1.38. The Morgan fingerprint density at radius 1 is 1.13 bits per heavy atom. The number of fused-ring (bicyclic) bond motifs is 1. The van der Waals surface area contributed by atoms with E-state index in [1.807, 2.05) is 54.6 Å². The summed E-state index contributed by atoms with van der Waals surface area (Å²) in [6.45, 7) is 5.96. The number of carbonyl (C=O) groups is 1. The molecule has 0 saturated heterocycles. The van der Waals surface area contributed by atoms with Gasteiger partial charge in [0.15, 0.2) is 0 Å². The first kappa shape index (κ1) is 21.1. The number of nitrogens with one attached hydrogen (secondary N) is 2. The summed E-state index contributed by atoms with van der Waals surface area (Å²) in [5, 5.41) is 16.8. The van der Waals surface area contributed by atoms with Crippen LogP contribution in [0.1, 0.15) is 60.6 Å². The van der Waals surface area contributed by atoms with Crippen molar-refractivity contribution in [3.8, 4) is 0 Å². The summed E-state index contributed by atoms with van der Waals surface area (Å²) in [5.74, 6) is -1.68. The van der Waals surface area contributed by atoms with Crippen LogP contribution in [-0.4, -0.2) is 26.9 Å². The lowest BCUT2D eigenvalue weighted by Gasteiger charge is -2.40. The van der Waals surface area contributed by atoms with Crippen LogP contribution in [0, 0.1) is 5.92 Å². The highest BCUT2D eigenvalue weighted by atomic mass is 16.5. The zero-order valence-corrected chi connectivity index (χ0v) is 18.0. The van der Waals surface area contributed by atoms with Crippen molar-refractivity contribution < 1.29 is 14.6 Å². The number of aliphatic hydroxyl groups is 1. The maximum Gasteiger partial charge on any atom is 0.313 e. The van der Waals surface area contributed by atoms with E-state index in [1.165, 1.54) is 0 Å². The molecule has 0 aliphatic heterocycles. The molecule has 0 amide bonds. The molecule has 3 unspecified atom stereocenters. The van der Waals surface area contributed by atoms with E-state index >= 15 is 0 Å². The number of hydrogen-bond donors (Lipinski definition) is 3. The standard InChI is InChI=1S/C25H28N2O4/c1-15(2)17-9-11-18(12-10-17)20-21-19(26-27-23(21)28)13-25(3,30)22(20)24(29)31-14-16-7-5-4-6-8-16/h4-12,15,20,22,30H,13-14H2,1-3H3,(H2,26,27,28). The van der Waals surface area contributed by atoms with E-state index < -0.39 is 23.4 Å². The predicted octanol–water partition coefficient (Wildman–Crippen LogP) is 3.63. The van der Waals surface area contributed by atoms with Crippen LogP contribution in [0.4, 0.5) is 0 Å². The fourth-order valence-corrected chi connectivity index (χ4v) is 4.52. The van der Waals surface area contributed by atoms with E-state index in [0.29, 0.717) is 17.2 Å². The molecule has 6 nitrogen and oxygen atoms in total. The summed E-state index contributed by atoms with van der Waals surface area (Å²) in [5.41, 5.74) is 2.29. The van der Waals surface area contributed by atoms with Gasteiger partial charge in [0.05, 0.1) is 11.5 Å². The fraction of sp³-hybridized carbons (Fsp3) is 0.360. The highest BCUT2D eigenvalue weighted by Gasteiger charge is 2.51. The molecular weight excluding hydrogens is 392 g/mol. The lowest BCUT2D eigenvalue weighted by Crippen LogP contribution is -2.50.